The summed E-state index contributed by atoms with van der Waals surface area (Å²) >= 11 is 3.44. The summed E-state index contributed by atoms with van der Waals surface area (Å²) in [4.78, 5) is 6.93. The van der Waals surface area contributed by atoms with Gasteiger partial charge in [0.2, 0.25) is 0 Å². The van der Waals surface area contributed by atoms with E-state index in [0.29, 0.717) is 6.04 Å². The molecular formula is C13H18BrN3. The molecule has 3 rings (SSSR count). The summed E-state index contributed by atoms with van der Waals surface area (Å²) in [5.41, 5.74) is 2.36. The quantitative estimate of drug-likeness (QED) is 0.851. The van der Waals surface area contributed by atoms with Gasteiger partial charge in [-0.15, -0.1) is 0 Å². The summed E-state index contributed by atoms with van der Waals surface area (Å²) in [5.74, 6) is 0.827. The average Bonchev–Trinajstić information content (AvgIpc) is 2.71. The molecule has 0 amide bonds. The van der Waals surface area contributed by atoms with Crippen LogP contribution in [-0.4, -0.2) is 35.6 Å². The van der Waals surface area contributed by atoms with E-state index >= 15 is 0 Å². The Morgan fingerprint density at radius 3 is 3.06 bits per heavy atom. The van der Waals surface area contributed by atoms with Crippen molar-refractivity contribution in [1.29, 1.82) is 0 Å². The van der Waals surface area contributed by atoms with E-state index in [2.05, 4.69) is 44.1 Å². The van der Waals surface area contributed by atoms with Gasteiger partial charge in [0.25, 0.3) is 0 Å². The molecule has 2 fully saturated rings. The molecule has 0 saturated carbocycles. The van der Waals surface area contributed by atoms with Crippen molar-refractivity contribution in [2.24, 2.45) is 5.92 Å². The fourth-order valence-electron chi connectivity index (χ4n) is 2.99. The molecule has 0 radical (unpaired) electrons. The van der Waals surface area contributed by atoms with E-state index in [-0.39, 0.29) is 0 Å². The number of hydrogen-bond acceptors (Lipinski definition) is 3. The minimum atomic E-state index is 0.635. The Balaban J connectivity index is 1.71. The second-order valence-electron chi connectivity index (χ2n) is 5.22. The molecule has 1 N–H and O–H groups in total. The second kappa shape index (κ2) is 4.58. The summed E-state index contributed by atoms with van der Waals surface area (Å²) < 4.78 is 0.943. The van der Waals surface area contributed by atoms with Gasteiger partial charge in [-0.1, -0.05) is 0 Å². The third kappa shape index (κ3) is 2.33. The molecule has 2 aliphatic heterocycles. The fourth-order valence-corrected chi connectivity index (χ4v) is 3.21. The number of pyridine rings is 1. The van der Waals surface area contributed by atoms with Gasteiger partial charge in [0.05, 0.1) is 11.9 Å². The molecule has 3 atom stereocenters. The zero-order valence-electron chi connectivity index (χ0n) is 10.1. The van der Waals surface area contributed by atoms with Crippen LogP contribution in [0.4, 0.5) is 5.69 Å². The van der Waals surface area contributed by atoms with Gasteiger partial charge in [-0.25, -0.2) is 4.98 Å². The Morgan fingerprint density at radius 2 is 2.24 bits per heavy atom. The van der Waals surface area contributed by atoms with Crippen molar-refractivity contribution < 1.29 is 0 Å². The zero-order chi connectivity index (χ0) is 11.8. The van der Waals surface area contributed by atoms with E-state index in [1.54, 1.807) is 0 Å². The molecule has 0 spiro atoms. The summed E-state index contributed by atoms with van der Waals surface area (Å²) in [6.45, 7) is 5.90. The molecule has 0 aliphatic carbocycles. The van der Waals surface area contributed by atoms with E-state index in [1.165, 1.54) is 38.0 Å². The number of piperidine rings is 1. The predicted molar refractivity (Wildman–Crippen MR) is 73.2 cm³/mol. The molecule has 1 aromatic rings. The lowest BCUT2D eigenvalue weighted by Gasteiger charge is -2.31. The van der Waals surface area contributed by atoms with Crippen molar-refractivity contribution >= 4 is 21.6 Å². The molecule has 92 valence electrons. The number of fused-ring (bicyclic) bond motifs is 2. The summed E-state index contributed by atoms with van der Waals surface area (Å²) in [6.07, 6.45) is 4.54. The van der Waals surface area contributed by atoms with E-state index in [4.69, 9.17) is 0 Å². The minimum Gasteiger partial charge on any atom is -0.381 e. The molecule has 1 aromatic heterocycles. The highest BCUT2D eigenvalue weighted by atomic mass is 79.9. The number of nitrogens with zero attached hydrogens (tertiary/aromatic N) is 2. The van der Waals surface area contributed by atoms with Crippen LogP contribution >= 0.6 is 15.9 Å². The first-order valence-electron chi connectivity index (χ1n) is 6.33. The van der Waals surface area contributed by atoms with Crippen molar-refractivity contribution in [3.8, 4) is 0 Å². The predicted octanol–water partition coefficient (Wildman–Crippen LogP) is 2.66. The molecule has 3 nitrogen and oxygen atoms in total. The van der Waals surface area contributed by atoms with Gasteiger partial charge < -0.3 is 10.2 Å². The summed E-state index contributed by atoms with van der Waals surface area (Å²) in [6, 6.07) is 2.81. The van der Waals surface area contributed by atoms with E-state index in [9.17, 15) is 0 Å². The van der Waals surface area contributed by atoms with Crippen molar-refractivity contribution in [2.75, 3.05) is 25.0 Å². The Bertz CT molecular complexity index is 421. The first-order valence-corrected chi connectivity index (χ1v) is 7.13. The van der Waals surface area contributed by atoms with Crippen LogP contribution < -0.4 is 5.32 Å². The normalized spacial score (nSPS) is 31.5. The minimum absolute atomic E-state index is 0.635. The lowest BCUT2D eigenvalue weighted by molar-refractivity contribution is 0.255. The maximum atomic E-state index is 4.35. The topological polar surface area (TPSA) is 28.2 Å². The molecule has 4 heteroatoms. The summed E-state index contributed by atoms with van der Waals surface area (Å²) in [7, 11) is 0. The number of aromatic nitrogens is 1. The van der Waals surface area contributed by atoms with Gasteiger partial charge >= 0.3 is 0 Å². The highest BCUT2D eigenvalue weighted by molar-refractivity contribution is 9.10. The first-order chi connectivity index (χ1) is 8.22. The van der Waals surface area contributed by atoms with Crippen LogP contribution in [0.2, 0.25) is 0 Å². The highest BCUT2D eigenvalue weighted by Crippen LogP contribution is 2.29. The number of aryl methyl sites for hydroxylation is 1. The van der Waals surface area contributed by atoms with Crippen LogP contribution in [0.25, 0.3) is 0 Å². The first kappa shape index (κ1) is 11.5. The maximum absolute atomic E-state index is 4.35. The molecule has 2 aliphatic rings. The van der Waals surface area contributed by atoms with Crippen molar-refractivity contribution in [3.05, 3.63) is 22.4 Å². The van der Waals surface area contributed by atoms with E-state index < -0.39 is 0 Å². The van der Waals surface area contributed by atoms with Gasteiger partial charge in [0.15, 0.2) is 0 Å². The molecule has 2 bridgehead atoms. The molecule has 17 heavy (non-hydrogen) atoms. The third-order valence-electron chi connectivity index (χ3n) is 4.00. The molecular weight excluding hydrogens is 278 g/mol. The highest BCUT2D eigenvalue weighted by Gasteiger charge is 2.34. The van der Waals surface area contributed by atoms with Gasteiger partial charge in [-0.3, -0.25) is 0 Å². The SMILES string of the molecule is Cc1cc(NC2CCN3CCC2C3)cnc1Br. The van der Waals surface area contributed by atoms with Crippen molar-refractivity contribution in [2.45, 2.75) is 25.8 Å². The van der Waals surface area contributed by atoms with Crippen molar-refractivity contribution in [3.63, 3.8) is 0 Å². The number of halogens is 1. The smallest absolute Gasteiger partial charge is 0.109 e. The third-order valence-corrected chi connectivity index (χ3v) is 4.83. The lowest BCUT2D eigenvalue weighted by atomic mass is 9.94. The number of nitrogens with one attached hydrogen (secondary N) is 1. The molecule has 2 saturated heterocycles. The van der Waals surface area contributed by atoms with Crippen LogP contribution in [0.1, 0.15) is 18.4 Å². The number of anilines is 1. The Kier molecular flexibility index (Phi) is 3.09. The van der Waals surface area contributed by atoms with Crippen LogP contribution in [-0.2, 0) is 0 Å². The largest absolute Gasteiger partial charge is 0.381 e. The monoisotopic (exact) mass is 295 g/mol. The molecule has 3 unspecified atom stereocenters. The number of hydrogen-bond donors (Lipinski definition) is 1. The van der Waals surface area contributed by atoms with E-state index in [0.717, 1.165) is 16.2 Å². The second-order valence-corrected chi connectivity index (χ2v) is 5.97. The van der Waals surface area contributed by atoms with Gasteiger partial charge in [0.1, 0.15) is 4.60 Å². The lowest BCUT2D eigenvalue weighted by Crippen LogP contribution is -2.39. The van der Waals surface area contributed by atoms with Crippen LogP contribution in [0.5, 0.6) is 0 Å². The summed E-state index contributed by atoms with van der Waals surface area (Å²) in [5, 5.41) is 3.67. The van der Waals surface area contributed by atoms with Gasteiger partial charge in [-0.05, 0) is 59.8 Å². The molecule has 0 aromatic carbocycles. The zero-order valence-corrected chi connectivity index (χ0v) is 11.7. The molecule has 3 heterocycles. The van der Waals surface area contributed by atoms with Crippen molar-refractivity contribution in [1.82, 2.24) is 9.88 Å². The number of rotatable bonds is 2. The maximum Gasteiger partial charge on any atom is 0.109 e. The fraction of sp³-hybridized carbons (Fsp3) is 0.615. The Hall–Kier alpha value is -0.610. The van der Waals surface area contributed by atoms with Crippen LogP contribution in [0.3, 0.4) is 0 Å². The Labute approximate surface area is 111 Å². The average molecular weight is 296 g/mol. The van der Waals surface area contributed by atoms with E-state index in [1.807, 2.05) is 6.20 Å². The van der Waals surface area contributed by atoms with Crippen LogP contribution in [0, 0.1) is 12.8 Å². The standard InChI is InChI=1S/C13H18BrN3/c1-9-6-11(7-15-13(9)14)16-12-3-5-17-4-2-10(12)8-17/h6-7,10,12,16H,2-5,8H2,1H3. The Morgan fingerprint density at radius 1 is 1.41 bits per heavy atom. The van der Waals surface area contributed by atoms with Gasteiger partial charge in [0, 0.05) is 19.1 Å². The van der Waals surface area contributed by atoms with Gasteiger partial charge in [-0.2, -0.15) is 0 Å². The van der Waals surface area contributed by atoms with Crippen LogP contribution in [0.15, 0.2) is 16.9 Å².